The molecule has 0 aromatic heterocycles. The van der Waals surface area contributed by atoms with E-state index in [1.54, 1.807) is 0 Å². The number of unbranched alkanes of at least 4 members (excludes halogenated alkanes) is 23. The summed E-state index contributed by atoms with van der Waals surface area (Å²) in [6.07, 6.45) is 42.7. The minimum atomic E-state index is -1.98. The second-order valence-electron chi connectivity index (χ2n) is 18.1. The molecule has 0 aliphatic carbocycles. The predicted molar refractivity (Wildman–Crippen MR) is 270 cm³/mol. The number of aliphatic hydroxyl groups is 1. The van der Waals surface area contributed by atoms with Gasteiger partial charge in [-0.3, -0.25) is 39.0 Å². The number of ether oxygens (including phenoxy) is 2. The van der Waals surface area contributed by atoms with Crippen molar-refractivity contribution in [3.8, 4) is 0 Å². The van der Waals surface area contributed by atoms with E-state index in [1.165, 1.54) is 116 Å². The number of hydrogen-bond donors (Lipinski definition) is 6. The number of aliphatic hydroxyl groups excluding tert-OH is 1. The van der Waals surface area contributed by atoms with Crippen LogP contribution >= 0.6 is 0 Å². The summed E-state index contributed by atoms with van der Waals surface area (Å²) in [5.74, 6) is -4.99. The second kappa shape index (κ2) is 47.5. The van der Waals surface area contributed by atoms with Crippen LogP contribution in [0.25, 0.3) is 0 Å². The first kappa shape index (κ1) is 66.9. The molecule has 16 heteroatoms. The molecular formula is C53H95N3O13. The molecule has 1 unspecified atom stereocenters. The first-order valence-corrected chi connectivity index (χ1v) is 26.5. The van der Waals surface area contributed by atoms with E-state index in [2.05, 4.69) is 43.5 Å². The van der Waals surface area contributed by atoms with Gasteiger partial charge in [-0.05, 0) is 77.0 Å². The number of nitrogens with zero attached hydrogens (tertiary/aromatic N) is 1. The Labute approximate surface area is 415 Å². The van der Waals surface area contributed by atoms with E-state index in [9.17, 15) is 38.7 Å². The molecule has 0 saturated carbocycles. The summed E-state index contributed by atoms with van der Waals surface area (Å²) in [5, 5.41) is 38.1. The average molecular weight is 982 g/mol. The number of aliphatic carboxylic acids is 3. The minimum Gasteiger partial charge on any atom is -0.480 e. The number of imide groups is 1. The van der Waals surface area contributed by atoms with Crippen molar-refractivity contribution in [3.63, 3.8) is 0 Å². The number of allylic oxidation sites excluding steroid dienone is 4. The fourth-order valence-corrected chi connectivity index (χ4v) is 7.33. The molecule has 0 aromatic rings. The maximum absolute atomic E-state index is 12.1. The number of nitrogens with two attached hydrogens (primary N) is 1. The van der Waals surface area contributed by atoms with Gasteiger partial charge in [-0.15, -0.1) is 0 Å². The lowest BCUT2D eigenvalue weighted by molar-refractivity contribution is -0.161. The molecule has 0 spiro atoms. The van der Waals surface area contributed by atoms with Crippen LogP contribution in [0.3, 0.4) is 0 Å². The number of carbonyl (C=O) groups is 7. The Balaban J connectivity index is 0. The molecule has 1 aliphatic heterocycles. The van der Waals surface area contributed by atoms with Gasteiger partial charge in [0.1, 0.15) is 6.61 Å². The Morgan fingerprint density at radius 1 is 0.580 bits per heavy atom. The van der Waals surface area contributed by atoms with Gasteiger partial charge in [0.05, 0.1) is 19.7 Å². The molecule has 2 amide bonds. The number of carbonyl (C=O) groups excluding carboxylic acids is 4. The lowest BCUT2D eigenvalue weighted by Gasteiger charge is -2.35. The van der Waals surface area contributed by atoms with Gasteiger partial charge < -0.3 is 35.6 Å². The molecule has 1 fully saturated rings. The third-order valence-corrected chi connectivity index (χ3v) is 11.6. The molecule has 1 rings (SSSR count). The Kier molecular flexibility index (Phi) is 46.1. The Morgan fingerprint density at radius 3 is 1.28 bits per heavy atom. The van der Waals surface area contributed by atoms with Crippen LogP contribution in [0.5, 0.6) is 0 Å². The zero-order chi connectivity index (χ0) is 51.8. The van der Waals surface area contributed by atoms with E-state index in [-0.39, 0.29) is 43.4 Å². The van der Waals surface area contributed by atoms with Crippen molar-refractivity contribution >= 4 is 41.7 Å². The highest BCUT2D eigenvalue weighted by Crippen LogP contribution is 2.18. The molecule has 1 heterocycles. The van der Waals surface area contributed by atoms with Gasteiger partial charge in [-0.25, -0.2) is 4.79 Å². The van der Waals surface area contributed by atoms with E-state index < -0.39 is 42.8 Å². The van der Waals surface area contributed by atoms with Crippen molar-refractivity contribution in [1.29, 1.82) is 0 Å². The number of nitrogens with one attached hydrogen (secondary N) is 1. The van der Waals surface area contributed by atoms with Crippen molar-refractivity contribution in [3.05, 3.63) is 24.3 Å². The average Bonchev–Trinajstić information content (AvgIpc) is 3.70. The van der Waals surface area contributed by atoms with Crippen LogP contribution in [0.15, 0.2) is 24.3 Å². The van der Waals surface area contributed by atoms with Crippen molar-refractivity contribution in [2.45, 2.75) is 244 Å². The summed E-state index contributed by atoms with van der Waals surface area (Å²) in [7, 11) is 0. The topological polar surface area (TPSA) is 260 Å². The molecule has 0 bridgehead atoms. The highest BCUT2D eigenvalue weighted by molar-refractivity contribution is 6.01. The first-order chi connectivity index (χ1) is 33.2. The summed E-state index contributed by atoms with van der Waals surface area (Å²) in [6.45, 7) is 4.46. The summed E-state index contributed by atoms with van der Waals surface area (Å²) >= 11 is 0. The minimum absolute atomic E-state index is 0.0145. The molecule has 400 valence electrons. The number of hydrogen-bond acceptors (Lipinski definition) is 12. The molecule has 0 aromatic carbocycles. The van der Waals surface area contributed by atoms with Gasteiger partial charge >= 0.3 is 29.8 Å². The van der Waals surface area contributed by atoms with Crippen LogP contribution in [0, 0.1) is 0 Å². The van der Waals surface area contributed by atoms with Crippen LogP contribution in [-0.4, -0.2) is 105 Å². The Bertz CT molecular complexity index is 1390. The van der Waals surface area contributed by atoms with Crippen LogP contribution < -0.4 is 11.1 Å². The molecule has 1 aliphatic rings. The first-order valence-electron chi connectivity index (χ1n) is 26.5. The monoisotopic (exact) mass is 982 g/mol. The molecule has 0 radical (unpaired) electrons. The quantitative estimate of drug-likeness (QED) is 0.0109. The predicted octanol–water partition coefficient (Wildman–Crippen LogP) is 10.3. The second-order valence-corrected chi connectivity index (χ2v) is 18.1. The van der Waals surface area contributed by atoms with Gasteiger partial charge in [-0.1, -0.05) is 154 Å². The summed E-state index contributed by atoms with van der Waals surface area (Å²) < 4.78 is 10.6. The zero-order valence-electron chi connectivity index (χ0n) is 43.0. The van der Waals surface area contributed by atoms with E-state index >= 15 is 0 Å². The van der Waals surface area contributed by atoms with Crippen LogP contribution in [-0.2, 0) is 43.0 Å². The van der Waals surface area contributed by atoms with Gasteiger partial charge in [-0.2, -0.15) is 0 Å². The standard InChI is InChI=1S/C39H72O5.C10H18N2O6.C4H5NO2/c1-3-5-7-9-11-13-15-17-19-21-23-25-27-29-31-33-38(41)43-36-37(35-40)44-39(42)34-32-30-28-26-24-22-20-18-16-14-12-10-8-6-4-2;1-2-3-4-10(11,9(17)18)12(5-7(13)14)6-8(15)16;6-3-1-2-4(7)5-3/h17-20,37,40H,3-16,21-36H2,1-2H3;2-6,11H2,1H3,(H,13,14)(H,15,16)(H,17,18);1-2H2,(H,5,6,7)/b19-17-,20-18-;;/t37-;;/m0../s1. The maximum Gasteiger partial charge on any atom is 0.338 e. The number of amides is 2. The van der Waals surface area contributed by atoms with E-state index in [1.807, 2.05) is 6.92 Å². The zero-order valence-corrected chi connectivity index (χ0v) is 43.0. The summed E-state index contributed by atoms with van der Waals surface area (Å²) in [5.41, 5.74) is 3.69. The molecule has 16 nitrogen and oxygen atoms in total. The van der Waals surface area contributed by atoms with Crippen molar-refractivity contribution in [1.82, 2.24) is 10.2 Å². The van der Waals surface area contributed by atoms with Crippen LogP contribution in [0.4, 0.5) is 0 Å². The summed E-state index contributed by atoms with van der Waals surface area (Å²) in [6, 6.07) is 0. The number of rotatable bonds is 43. The van der Waals surface area contributed by atoms with Crippen molar-refractivity contribution in [2.75, 3.05) is 26.3 Å². The largest absolute Gasteiger partial charge is 0.480 e. The third kappa shape index (κ3) is 43.6. The molecule has 69 heavy (non-hydrogen) atoms. The normalized spacial score (nSPS) is 13.6. The number of carboxylic acids is 3. The Hall–Kier alpha value is -4.15. The van der Waals surface area contributed by atoms with Gasteiger partial charge in [0.15, 0.2) is 11.8 Å². The lowest BCUT2D eigenvalue weighted by Crippen LogP contribution is -2.63. The third-order valence-electron chi connectivity index (χ3n) is 11.6. The van der Waals surface area contributed by atoms with Gasteiger partial charge in [0.25, 0.3) is 0 Å². The fourth-order valence-electron chi connectivity index (χ4n) is 7.33. The van der Waals surface area contributed by atoms with Crippen LogP contribution in [0.2, 0.25) is 0 Å². The maximum atomic E-state index is 12.1. The SMILES string of the molecule is CCCCC(N)(C(=O)O)N(CC(=O)O)CC(=O)O.CCCCCCCC/C=C\CCCCCCCC(=O)OC[C@H](CO)OC(=O)CCCCCCC/C=C\CCCCCCCC.O=C1CCC(=O)N1. The van der Waals surface area contributed by atoms with E-state index in [0.29, 0.717) is 38.5 Å². The Morgan fingerprint density at radius 2 is 0.942 bits per heavy atom. The smallest absolute Gasteiger partial charge is 0.338 e. The lowest BCUT2D eigenvalue weighted by atomic mass is 10.0. The van der Waals surface area contributed by atoms with E-state index in [0.717, 1.165) is 56.3 Å². The molecule has 7 N–H and O–H groups in total. The van der Waals surface area contributed by atoms with E-state index in [4.69, 9.17) is 30.5 Å². The molecule has 2 atom stereocenters. The highest BCUT2D eigenvalue weighted by Gasteiger charge is 2.41. The van der Waals surface area contributed by atoms with Gasteiger partial charge in [0, 0.05) is 25.7 Å². The fraction of sp³-hybridized carbons (Fsp3) is 0.792. The van der Waals surface area contributed by atoms with Crippen molar-refractivity contribution in [2.24, 2.45) is 5.73 Å². The molecule has 1 saturated heterocycles. The number of carboxylic acid groups (broad SMARTS) is 3. The van der Waals surface area contributed by atoms with Crippen molar-refractivity contribution < 1.29 is 63.5 Å². The highest BCUT2D eigenvalue weighted by atomic mass is 16.6. The van der Waals surface area contributed by atoms with Gasteiger partial charge in [0.2, 0.25) is 11.8 Å². The van der Waals surface area contributed by atoms with Crippen LogP contribution in [0.1, 0.15) is 233 Å². The number of esters is 2. The molecular weight excluding hydrogens is 887 g/mol. The summed E-state index contributed by atoms with van der Waals surface area (Å²) in [4.78, 5) is 77.7.